The van der Waals surface area contributed by atoms with Crippen LogP contribution < -0.4 is 10.2 Å². The van der Waals surface area contributed by atoms with Crippen LogP contribution in [0.15, 0.2) is 42.7 Å². The van der Waals surface area contributed by atoms with E-state index in [1.54, 1.807) is 18.5 Å². The molecule has 0 bridgehead atoms. The predicted octanol–water partition coefficient (Wildman–Crippen LogP) is 2.76. The average Bonchev–Trinajstić information content (AvgIpc) is 2.46. The Bertz CT molecular complexity index is 586. The Morgan fingerprint density at radius 3 is 2.78 bits per heavy atom. The van der Waals surface area contributed by atoms with Gasteiger partial charge in [-0.05, 0) is 18.2 Å². The number of anilines is 3. The summed E-state index contributed by atoms with van der Waals surface area (Å²) >= 11 is 0. The quantitative estimate of drug-likeness (QED) is 0.893. The maximum absolute atomic E-state index is 9.11. The number of nitrogens with zero attached hydrogens (tertiary/aromatic N) is 3. The lowest BCUT2D eigenvalue weighted by atomic mass is 10.1. The molecule has 0 radical (unpaired) electrons. The molecule has 4 heteroatoms. The zero-order valence-electron chi connectivity index (χ0n) is 10.4. The molecule has 0 unspecified atom stereocenters. The fourth-order valence-electron chi connectivity index (χ4n) is 1.75. The minimum absolute atomic E-state index is 0.648. The summed E-state index contributed by atoms with van der Waals surface area (Å²) in [6.07, 6.45) is 3.53. The molecule has 1 aromatic carbocycles. The topological polar surface area (TPSA) is 52.0 Å². The van der Waals surface area contributed by atoms with Gasteiger partial charge in [-0.15, -0.1) is 0 Å². The first kappa shape index (κ1) is 11.9. The first-order chi connectivity index (χ1) is 8.76. The second-order valence-electron chi connectivity index (χ2n) is 3.87. The van der Waals surface area contributed by atoms with Crippen molar-refractivity contribution in [3.8, 4) is 6.07 Å². The van der Waals surface area contributed by atoms with Gasteiger partial charge in [0.25, 0.3) is 0 Å². The Kier molecular flexibility index (Phi) is 3.44. The number of hydrogen-bond acceptors (Lipinski definition) is 4. The fourth-order valence-corrected chi connectivity index (χ4v) is 1.75. The summed E-state index contributed by atoms with van der Waals surface area (Å²) in [5.74, 6) is 0. The molecule has 1 aromatic heterocycles. The van der Waals surface area contributed by atoms with Crippen LogP contribution in [0.3, 0.4) is 0 Å². The number of para-hydroxylation sites is 1. The Labute approximate surface area is 107 Å². The van der Waals surface area contributed by atoms with Crippen LogP contribution in [0, 0.1) is 11.3 Å². The maximum Gasteiger partial charge on any atom is 0.101 e. The van der Waals surface area contributed by atoms with Gasteiger partial charge in [0.15, 0.2) is 0 Å². The summed E-state index contributed by atoms with van der Waals surface area (Å²) < 4.78 is 0. The van der Waals surface area contributed by atoms with Crippen LogP contribution in [0.5, 0.6) is 0 Å². The lowest BCUT2D eigenvalue weighted by molar-refractivity contribution is 1.17. The van der Waals surface area contributed by atoms with E-state index < -0.39 is 0 Å². The molecule has 0 aliphatic rings. The van der Waals surface area contributed by atoms with E-state index in [1.807, 2.05) is 43.3 Å². The van der Waals surface area contributed by atoms with Crippen molar-refractivity contribution in [2.75, 3.05) is 24.3 Å². The van der Waals surface area contributed by atoms with Crippen molar-refractivity contribution in [2.45, 2.75) is 0 Å². The molecule has 0 atom stereocenters. The van der Waals surface area contributed by atoms with Crippen molar-refractivity contribution in [1.82, 2.24) is 4.98 Å². The number of aromatic nitrogens is 1. The van der Waals surface area contributed by atoms with Gasteiger partial charge in [-0.25, -0.2) is 0 Å². The van der Waals surface area contributed by atoms with E-state index >= 15 is 0 Å². The predicted molar refractivity (Wildman–Crippen MR) is 73.0 cm³/mol. The first-order valence-electron chi connectivity index (χ1n) is 5.62. The standard InChI is InChI=1S/C14H14N4/c1-16-12-7-13(10-17-9-12)18(2)14-6-4-3-5-11(14)8-15/h3-7,9-10,16H,1-2H3. The third-order valence-electron chi connectivity index (χ3n) is 2.79. The summed E-state index contributed by atoms with van der Waals surface area (Å²) in [5.41, 5.74) is 3.39. The lowest BCUT2D eigenvalue weighted by Gasteiger charge is -2.20. The van der Waals surface area contributed by atoms with Crippen LogP contribution in [-0.2, 0) is 0 Å². The van der Waals surface area contributed by atoms with Gasteiger partial charge in [0.05, 0.1) is 35.0 Å². The molecule has 2 rings (SSSR count). The van der Waals surface area contributed by atoms with Crippen molar-refractivity contribution in [3.63, 3.8) is 0 Å². The molecule has 0 saturated heterocycles. The molecule has 4 nitrogen and oxygen atoms in total. The van der Waals surface area contributed by atoms with Crippen LogP contribution in [0.1, 0.15) is 5.56 Å². The highest BCUT2D eigenvalue weighted by atomic mass is 15.1. The van der Waals surface area contributed by atoms with E-state index in [9.17, 15) is 0 Å². The Balaban J connectivity index is 2.41. The lowest BCUT2D eigenvalue weighted by Crippen LogP contribution is -2.11. The molecule has 18 heavy (non-hydrogen) atoms. The smallest absolute Gasteiger partial charge is 0.101 e. The van der Waals surface area contributed by atoms with E-state index in [2.05, 4.69) is 16.4 Å². The van der Waals surface area contributed by atoms with Gasteiger partial charge in [-0.2, -0.15) is 5.26 Å². The van der Waals surface area contributed by atoms with Gasteiger partial charge in [0.1, 0.15) is 6.07 Å². The fraction of sp³-hybridized carbons (Fsp3) is 0.143. The molecule has 0 amide bonds. The summed E-state index contributed by atoms with van der Waals surface area (Å²) in [6.45, 7) is 0. The van der Waals surface area contributed by atoms with Gasteiger partial charge in [0, 0.05) is 14.1 Å². The summed E-state index contributed by atoms with van der Waals surface area (Å²) in [5, 5.41) is 12.2. The second kappa shape index (κ2) is 5.19. The summed E-state index contributed by atoms with van der Waals surface area (Å²) in [7, 11) is 3.77. The van der Waals surface area contributed by atoms with E-state index in [1.165, 1.54) is 0 Å². The molecule has 1 heterocycles. The third kappa shape index (κ3) is 2.25. The van der Waals surface area contributed by atoms with Crippen molar-refractivity contribution >= 4 is 17.1 Å². The number of nitriles is 1. The minimum atomic E-state index is 0.648. The number of benzene rings is 1. The highest BCUT2D eigenvalue weighted by Crippen LogP contribution is 2.27. The van der Waals surface area contributed by atoms with E-state index in [0.29, 0.717) is 5.56 Å². The number of nitrogens with one attached hydrogen (secondary N) is 1. The summed E-state index contributed by atoms with van der Waals surface area (Å²) in [4.78, 5) is 6.12. The zero-order chi connectivity index (χ0) is 13.0. The van der Waals surface area contributed by atoms with Crippen LogP contribution in [0.2, 0.25) is 0 Å². The van der Waals surface area contributed by atoms with Crippen molar-refractivity contribution < 1.29 is 0 Å². The highest BCUT2D eigenvalue weighted by Gasteiger charge is 2.09. The molecule has 0 aliphatic heterocycles. The zero-order valence-corrected chi connectivity index (χ0v) is 10.4. The van der Waals surface area contributed by atoms with E-state index in [4.69, 9.17) is 5.26 Å². The summed E-state index contributed by atoms with van der Waals surface area (Å²) in [6, 6.07) is 11.7. The number of rotatable bonds is 3. The molecule has 1 N–H and O–H groups in total. The van der Waals surface area contributed by atoms with Crippen molar-refractivity contribution in [3.05, 3.63) is 48.3 Å². The normalized spacial score (nSPS) is 9.61. The SMILES string of the molecule is CNc1cncc(N(C)c2ccccc2C#N)c1. The average molecular weight is 238 g/mol. The van der Waals surface area contributed by atoms with Crippen LogP contribution >= 0.6 is 0 Å². The molecule has 0 saturated carbocycles. The monoisotopic (exact) mass is 238 g/mol. The minimum Gasteiger partial charge on any atom is -0.387 e. The van der Waals surface area contributed by atoms with Gasteiger partial charge in [-0.1, -0.05) is 12.1 Å². The molecule has 2 aromatic rings. The molecule has 90 valence electrons. The maximum atomic E-state index is 9.11. The van der Waals surface area contributed by atoms with Gasteiger partial charge in [0.2, 0.25) is 0 Å². The first-order valence-corrected chi connectivity index (χ1v) is 5.62. The second-order valence-corrected chi connectivity index (χ2v) is 3.87. The van der Waals surface area contributed by atoms with Gasteiger partial charge >= 0.3 is 0 Å². The molecular weight excluding hydrogens is 224 g/mol. The van der Waals surface area contributed by atoms with Gasteiger partial charge < -0.3 is 10.2 Å². The third-order valence-corrected chi connectivity index (χ3v) is 2.79. The molecule has 0 fully saturated rings. The Morgan fingerprint density at radius 2 is 2.06 bits per heavy atom. The van der Waals surface area contributed by atoms with Crippen molar-refractivity contribution in [1.29, 1.82) is 5.26 Å². The molecule has 0 spiro atoms. The van der Waals surface area contributed by atoms with E-state index in [-0.39, 0.29) is 0 Å². The van der Waals surface area contributed by atoms with Gasteiger partial charge in [-0.3, -0.25) is 4.98 Å². The van der Waals surface area contributed by atoms with Crippen LogP contribution in [0.4, 0.5) is 17.1 Å². The van der Waals surface area contributed by atoms with Crippen LogP contribution in [-0.4, -0.2) is 19.1 Å². The Morgan fingerprint density at radius 1 is 1.28 bits per heavy atom. The Hall–Kier alpha value is -2.54. The number of hydrogen-bond donors (Lipinski definition) is 1. The molecule has 0 aliphatic carbocycles. The largest absolute Gasteiger partial charge is 0.387 e. The molecular formula is C14H14N4. The number of pyridine rings is 1. The van der Waals surface area contributed by atoms with E-state index in [0.717, 1.165) is 17.1 Å². The van der Waals surface area contributed by atoms with Crippen molar-refractivity contribution in [2.24, 2.45) is 0 Å². The van der Waals surface area contributed by atoms with Crippen LogP contribution in [0.25, 0.3) is 0 Å². The highest BCUT2D eigenvalue weighted by molar-refractivity contribution is 5.70.